The summed E-state index contributed by atoms with van der Waals surface area (Å²) >= 11 is 0. The minimum Gasteiger partial charge on any atom is -1.00 e. The second kappa shape index (κ2) is 10.7. The molecule has 7 nitrogen and oxygen atoms in total. The van der Waals surface area contributed by atoms with Gasteiger partial charge in [-0.15, -0.1) is 0 Å². The van der Waals surface area contributed by atoms with Crippen LogP contribution in [0.4, 0.5) is 4.79 Å². The van der Waals surface area contributed by atoms with Gasteiger partial charge < -0.3 is 13.1 Å². The van der Waals surface area contributed by atoms with Gasteiger partial charge in [-0.05, 0) is 0 Å². The molecule has 0 aromatic rings. The van der Waals surface area contributed by atoms with E-state index in [9.17, 15) is 0 Å². The molecule has 0 amide bonds. The number of hydrogen-bond acceptors (Lipinski definition) is 3. The predicted molar refractivity (Wildman–Crippen MR) is 27.1 cm³/mol. The van der Waals surface area contributed by atoms with Gasteiger partial charge in [0.1, 0.15) is 0 Å². The van der Waals surface area contributed by atoms with Crippen molar-refractivity contribution in [1.82, 2.24) is 0 Å². The summed E-state index contributed by atoms with van der Waals surface area (Å²) in [6.45, 7) is 0. The van der Waals surface area contributed by atoms with E-state index in [0.717, 1.165) is 0 Å². The van der Waals surface area contributed by atoms with Crippen LogP contribution in [0, 0.1) is 0 Å². The van der Waals surface area contributed by atoms with Crippen LogP contribution in [0.1, 0.15) is 2.85 Å². The largest absolute Gasteiger partial charge is 1.00 e. The quantitative estimate of drug-likeness (QED) is 0.221. The first-order chi connectivity index (χ1) is 3.73. The molecule has 0 aliphatic heterocycles. The molecule has 0 saturated carbocycles. The molecule has 4 N–H and O–H groups in total. The van der Waals surface area contributed by atoms with E-state index in [4.69, 9.17) is 32.5 Å². The summed E-state index contributed by atoms with van der Waals surface area (Å²) in [5, 5.41) is 13.9. The van der Waals surface area contributed by atoms with Crippen molar-refractivity contribution < 1.29 is 83.8 Å². The molecule has 0 fully saturated rings. The Hall–Kier alpha value is 0.737. The fraction of sp³-hybridized carbons (Fsp3) is 0. The van der Waals surface area contributed by atoms with Crippen LogP contribution in [0.5, 0.6) is 0 Å². The average molecular weight is 192 g/mol. The van der Waals surface area contributed by atoms with Gasteiger partial charge in [-0.2, -0.15) is 8.42 Å². The Kier molecular flexibility index (Phi) is 22.1. The maximum absolute atomic E-state index is 8.74. The number of rotatable bonds is 0. The van der Waals surface area contributed by atoms with E-state index in [-0.39, 0.29) is 51.3 Å². The monoisotopic (exact) mass is 192 g/mol. The molecular weight excluding hydrogens is 186 g/mol. The van der Waals surface area contributed by atoms with Crippen molar-refractivity contribution in [3.63, 3.8) is 0 Å². The normalized spacial score (nSPS) is 7.45. The molecule has 0 saturated heterocycles. The molecule has 0 aliphatic carbocycles. The van der Waals surface area contributed by atoms with Gasteiger partial charge >= 0.3 is 65.0 Å². The van der Waals surface area contributed by atoms with Crippen molar-refractivity contribution in [3.8, 4) is 0 Å². The van der Waals surface area contributed by atoms with Crippen LogP contribution in [0.25, 0.3) is 0 Å². The van der Waals surface area contributed by atoms with Gasteiger partial charge in [0.2, 0.25) is 0 Å². The van der Waals surface area contributed by atoms with Crippen LogP contribution in [-0.4, -0.2) is 33.9 Å². The molecule has 0 spiro atoms. The Morgan fingerprint density at radius 2 is 1.18 bits per heavy atom. The molecule has 0 radical (unpaired) electrons. The van der Waals surface area contributed by atoms with E-state index in [1.165, 1.54) is 0 Å². The third kappa shape index (κ3) is 1510. The summed E-state index contributed by atoms with van der Waals surface area (Å²) in [6.07, 6.45) is -1.83. The van der Waals surface area contributed by atoms with Crippen molar-refractivity contribution in [1.29, 1.82) is 0 Å². The van der Waals surface area contributed by atoms with E-state index in [2.05, 4.69) is 0 Å². The molecule has 0 rings (SSSR count). The molecule has 0 aliphatic rings. The van der Waals surface area contributed by atoms with E-state index >= 15 is 0 Å². The van der Waals surface area contributed by atoms with E-state index < -0.39 is 16.6 Å². The zero-order chi connectivity index (χ0) is 8.08. The molecular formula is CH6LiNaO7S. The molecule has 0 atom stereocenters. The van der Waals surface area contributed by atoms with Gasteiger partial charge in [0.15, 0.2) is 0 Å². The fourth-order valence-electron chi connectivity index (χ4n) is 0. The third-order valence-corrected chi connectivity index (χ3v) is 0. The molecule has 60 valence electrons. The van der Waals surface area contributed by atoms with Crippen molar-refractivity contribution >= 4 is 16.6 Å². The summed E-state index contributed by atoms with van der Waals surface area (Å²) in [6, 6.07) is 0. The van der Waals surface area contributed by atoms with E-state index in [0.29, 0.717) is 0 Å². The molecule has 0 aromatic carbocycles. The summed E-state index contributed by atoms with van der Waals surface area (Å²) in [5.41, 5.74) is 0. The Balaban J connectivity index is -0.0000000146. The van der Waals surface area contributed by atoms with Crippen LogP contribution in [0.2, 0.25) is 0 Å². The number of carbonyl (C=O) groups is 1. The second-order valence-electron chi connectivity index (χ2n) is 0.730. The zero-order valence-corrected chi connectivity index (χ0v) is 8.74. The van der Waals surface area contributed by atoms with Crippen molar-refractivity contribution in [2.45, 2.75) is 0 Å². The number of hydrogen-bond donors (Lipinski definition) is 4. The minimum absolute atomic E-state index is 0. The Morgan fingerprint density at radius 3 is 1.18 bits per heavy atom. The van der Waals surface area contributed by atoms with Crippen molar-refractivity contribution in [3.05, 3.63) is 0 Å². The maximum atomic E-state index is 8.74. The average Bonchev–Trinajstić information content (AvgIpc) is 1.19. The fourth-order valence-corrected chi connectivity index (χ4v) is 0. The summed E-state index contributed by atoms with van der Waals surface area (Å²) in [4.78, 5) is 8.56. The predicted octanol–water partition coefficient (Wildman–Crippen LogP) is -6.20. The maximum Gasteiger partial charge on any atom is 1.00 e. The SMILES string of the molecule is O=C(O)O.O=S(=O)(O)O.[H-].[H-].[Li+].[Na+]. The third-order valence-electron chi connectivity index (χ3n) is 0. The van der Waals surface area contributed by atoms with Gasteiger partial charge in [-0.1, -0.05) is 0 Å². The first-order valence-electron chi connectivity index (χ1n) is 1.35. The van der Waals surface area contributed by atoms with Crippen LogP contribution in [0.15, 0.2) is 0 Å². The van der Waals surface area contributed by atoms with Crippen LogP contribution >= 0.6 is 0 Å². The molecule has 0 heterocycles. The zero-order valence-electron chi connectivity index (χ0n) is 7.92. The molecule has 0 bridgehead atoms. The van der Waals surface area contributed by atoms with E-state index in [1.807, 2.05) is 0 Å². The summed E-state index contributed by atoms with van der Waals surface area (Å²) in [5.74, 6) is 0. The topological polar surface area (TPSA) is 132 Å². The minimum atomic E-state index is -4.67. The first kappa shape index (κ1) is 22.6. The first-order valence-corrected chi connectivity index (χ1v) is 2.75. The van der Waals surface area contributed by atoms with Crippen LogP contribution < -0.4 is 48.4 Å². The van der Waals surface area contributed by atoms with Crippen LogP contribution in [0.3, 0.4) is 0 Å². The summed E-state index contributed by atoms with van der Waals surface area (Å²) in [7, 11) is -4.67. The summed E-state index contributed by atoms with van der Waals surface area (Å²) < 4.78 is 31.6. The molecule has 10 heteroatoms. The molecule has 11 heavy (non-hydrogen) atoms. The second-order valence-corrected chi connectivity index (χ2v) is 1.63. The molecule has 0 aromatic heterocycles. The van der Waals surface area contributed by atoms with E-state index in [1.54, 1.807) is 0 Å². The van der Waals surface area contributed by atoms with Gasteiger partial charge in [0.05, 0.1) is 0 Å². The van der Waals surface area contributed by atoms with Crippen molar-refractivity contribution in [2.75, 3.05) is 0 Å². The van der Waals surface area contributed by atoms with Gasteiger partial charge in [0.25, 0.3) is 0 Å². The Morgan fingerprint density at radius 1 is 1.18 bits per heavy atom. The standard InChI is InChI=1S/CH2O3.Li.Na.H2O4S.2H/c2-1(3)4;;;1-5(2,3)4;;/h(H2,2,3,4);;;(H2,1,2,3,4);;/q;2*+1;;2*-1. The van der Waals surface area contributed by atoms with Gasteiger partial charge in [-0.25, -0.2) is 4.79 Å². The van der Waals surface area contributed by atoms with Gasteiger partial charge in [-0.3, -0.25) is 9.11 Å². The smallest absolute Gasteiger partial charge is 1.00 e. The Bertz CT molecular complexity index is 169. The number of carboxylic acid groups (broad SMARTS) is 2. The van der Waals surface area contributed by atoms with Crippen molar-refractivity contribution in [2.24, 2.45) is 0 Å². The van der Waals surface area contributed by atoms with Crippen LogP contribution in [-0.2, 0) is 10.4 Å². The Labute approximate surface area is 99.8 Å². The molecule has 0 unspecified atom stereocenters. The van der Waals surface area contributed by atoms with Gasteiger partial charge in [0, 0.05) is 0 Å².